The molecule has 1 fully saturated rings. The first-order chi connectivity index (χ1) is 20.7. The smallest absolute Gasteiger partial charge is 0.243 e. The SMILES string of the molecule is Cc1ccccc1CN(C(=O)CN(C)S(=O)(=O)c1ccc2ccccc2c1)[C@@H](Cc1ccccc1)C(=O)NC1CCCC1. The lowest BCUT2D eigenvalue weighted by Gasteiger charge is -2.33. The van der Waals surface area contributed by atoms with Crippen LogP contribution in [-0.2, 0) is 32.6 Å². The zero-order valence-corrected chi connectivity index (χ0v) is 25.6. The molecule has 0 radical (unpaired) electrons. The molecule has 0 spiro atoms. The molecule has 0 aromatic heterocycles. The van der Waals surface area contributed by atoms with Gasteiger partial charge in [0.2, 0.25) is 21.8 Å². The van der Waals surface area contributed by atoms with Gasteiger partial charge in [-0.25, -0.2) is 8.42 Å². The lowest BCUT2D eigenvalue weighted by Crippen LogP contribution is -2.54. The minimum atomic E-state index is -3.98. The molecule has 1 saturated carbocycles. The van der Waals surface area contributed by atoms with Crippen LogP contribution < -0.4 is 5.32 Å². The Morgan fingerprint density at radius 2 is 1.51 bits per heavy atom. The van der Waals surface area contributed by atoms with E-state index in [1.807, 2.05) is 85.8 Å². The fourth-order valence-electron chi connectivity index (χ4n) is 5.77. The van der Waals surface area contributed by atoms with Gasteiger partial charge in [0.25, 0.3) is 0 Å². The third-order valence-electron chi connectivity index (χ3n) is 8.36. The molecule has 5 rings (SSSR count). The number of nitrogens with one attached hydrogen (secondary N) is 1. The van der Waals surface area contributed by atoms with E-state index in [1.54, 1.807) is 23.1 Å². The van der Waals surface area contributed by atoms with Crippen molar-refractivity contribution in [2.45, 2.75) is 62.6 Å². The molecule has 0 saturated heterocycles. The van der Waals surface area contributed by atoms with Gasteiger partial charge in [0, 0.05) is 26.1 Å². The molecule has 1 aliphatic carbocycles. The number of hydrogen-bond acceptors (Lipinski definition) is 4. The van der Waals surface area contributed by atoms with E-state index in [0.29, 0.717) is 6.42 Å². The van der Waals surface area contributed by atoms with Crippen LogP contribution in [0.15, 0.2) is 102 Å². The van der Waals surface area contributed by atoms with Gasteiger partial charge in [0.1, 0.15) is 6.04 Å². The first-order valence-electron chi connectivity index (χ1n) is 14.9. The van der Waals surface area contributed by atoms with E-state index in [9.17, 15) is 18.0 Å². The lowest BCUT2D eigenvalue weighted by atomic mass is 10.0. The van der Waals surface area contributed by atoms with E-state index in [0.717, 1.165) is 57.5 Å². The van der Waals surface area contributed by atoms with Gasteiger partial charge in [-0.1, -0.05) is 97.8 Å². The highest BCUT2D eigenvalue weighted by Crippen LogP contribution is 2.23. The van der Waals surface area contributed by atoms with Crippen LogP contribution in [0.4, 0.5) is 0 Å². The molecular formula is C35H39N3O4S. The summed E-state index contributed by atoms with van der Waals surface area (Å²) < 4.78 is 28.4. The molecular weight excluding hydrogens is 558 g/mol. The number of aryl methyl sites for hydroxylation is 1. The molecule has 4 aromatic carbocycles. The molecule has 0 bridgehead atoms. The second-order valence-electron chi connectivity index (χ2n) is 11.4. The second kappa shape index (κ2) is 13.5. The molecule has 0 unspecified atom stereocenters. The van der Waals surface area contributed by atoms with Gasteiger partial charge in [-0.3, -0.25) is 9.59 Å². The average Bonchev–Trinajstić information content (AvgIpc) is 3.53. The summed E-state index contributed by atoms with van der Waals surface area (Å²) in [5, 5.41) is 4.93. The summed E-state index contributed by atoms with van der Waals surface area (Å²) in [7, 11) is -2.56. The van der Waals surface area contributed by atoms with E-state index in [1.165, 1.54) is 7.05 Å². The maximum absolute atomic E-state index is 14.2. The van der Waals surface area contributed by atoms with E-state index in [-0.39, 0.29) is 23.4 Å². The fraction of sp³-hybridized carbons (Fsp3) is 0.314. The zero-order valence-electron chi connectivity index (χ0n) is 24.8. The van der Waals surface area contributed by atoms with Crippen LogP contribution in [0.5, 0.6) is 0 Å². The van der Waals surface area contributed by atoms with Crippen LogP contribution in [-0.4, -0.2) is 55.1 Å². The lowest BCUT2D eigenvalue weighted by molar-refractivity contribution is -0.141. The summed E-state index contributed by atoms with van der Waals surface area (Å²) in [5.41, 5.74) is 2.82. The Morgan fingerprint density at radius 3 is 2.23 bits per heavy atom. The normalized spacial score (nSPS) is 14.6. The van der Waals surface area contributed by atoms with Crippen LogP contribution in [0.3, 0.4) is 0 Å². The van der Waals surface area contributed by atoms with Crippen LogP contribution in [0, 0.1) is 6.92 Å². The molecule has 1 atom stereocenters. The first-order valence-corrected chi connectivity index (χ1v) is 16.3. The van der Waals surface area contributed by atoms with E-state index in [4.69, 9.17) is 0 Å². The van der Waals surface area contributed by atoms with Crippen LogP contribution in [0.25, 0.3) is 10.8 Å². The summed E-state index contributed by atoms with van der Waals surface area (Å²) in [6.45, 7) is 1.76. The highest BCUT2D eigenvalue weighted by Gasteiger charge is 2.34. The third kappa shape index (κ3) is 7.32. The maximum Gasteiger partial charge on any atom is 0.243 e. The van der Waals surface area contributed by atoms with Gasteiger partial charge in [0.05, 0.1) is 11.4 Å². The molecule has 1 N–H and O–H groups in total. The summed E-state index contributed by atoms with van der Waals surface area (Å²) in [6.07, 6.45) is 4.29. The molecule has 7 nitrogen and oxygen atoms in total. The Morgan fingerprint density at radius 1 is 0.860 bits per heavy atom. The minimum Gasteiger partial charge on any atom is -0.352 e. The monoisotopic (exact) mass is 597 g/mol. The van der Waals surface area contributed by atoms with Crippen LogP contribution in [0.1, 0.15) is 42.4 Å². The van der Waals surface area contributed by atoms with Gasteiger partial charge < -0.3 is 10.2 Å². The maximum atomic E-state index is 14.2. The second-order valence-corrected chi connectivity index (χ2v) is 13.5. The molecule has 8 heteroatoms. The Kier molecular flexibility index (Phi) is 9.58. The highest BCUT2D eigenvalue weighted by atomic mass is 32.2. The summed E-state index contributed by atoms with van der Waals surface area (Å²) in [4.78, 5) is 29.8. The van der Waals surface area contributed by atoms with Gasteiger partial charge in [-0.2, -0.15) is 4.31 Å². The van der Waals surface area contributed by atoms with Crippen molar-refractivity contribution in [3.05, 3.63) is 114 Å². The number of hydrogen-bond donors (Lipinski definition) is 1. The van der Waals surface area contributed by atoms with E-state index >= 15 is 0 Å². The number of carbonyl (C=O) groups is 2. The molecule has 224 valence electrons. The molecule has 0 aliphatic heterocycles. The van der Waals surface area contributed by atoms with Crippen molar-refractivity contribution in [2.24, 2.45) is 0 Å². The Hall–Kier alpha value is -4.01. The number of likely N-dealkylation sites (N-methyl/N-ethyl adjacent to an activating group) is 1. The standard InChI is InChI=1S/C35H39N3O4S/c1-26-12-6-7-17-30(26)24-38(33(22-27-13-4-3-5-14-27)35(40)36-31-18-10-11-19-31)34(39)25-37(2)43(41,42)32-21-20-28-15-8-9-16-29(28)23-32/h3-9,12-17,20-21,23,31,33H,10-11,18-19,22,24-25H2,1-2H3,(H,36,40)/t33-/m0/s1. The van der Waals surface area contributed by atoms with Gasteiger partial charge in [0.15, 0.2) is 0 Å². The highest BCUT2D eigenvalue weighted by molar-refractivity contribution is 7.89. The third-order valence-corrected chi connectivity index (χ3v) is 10.2. The predicted molar refractivity (Wildman–Crippen MR) is 170 cm³/mol. The first kappa shape index (κ1) is 30.4. The van der Waals surface area contributed by atoms with Crippen molar-refractivity contribution >= 4 is 32.6 Å². The van der Waals surface area contributed by atoms with Gasteiger partial charge in [-0.15, -0.1) is 0 Å². The van der Waals surface area contributed by atoms with Crippen molar-refractivity contribution < 1.29 is 18.0 Å². The van der Waals surface area contributed by atoms with Gasteiger partial charge >= 0.3 is 0 Å². The fourth-order valence-corrected chi connectivity index (χ4v) is 6.92. The zero-order chi connectivity index (χ0) is 30.4. The van der Waals surface area contributed by atoms with E-state index in [2.05, 4.69) is 5.32 Å². The average molecular weight is 598 g/mol. The number of benzene rings is 4. The van der Waals surface area contributed by atoms with Gasteiger partial charge in [-0.05, 0) is 59.4 Å². The van der Waals surface area contributed by atoms with Crippen LogP contribution >= 0.6 is 0 Å². The number of nitrogens with zero attached hydrogens (tertiary/aromatic N) is 2. The number of amides is 2. The summed E-state index contributed by atoms with van der Waals surface area (Å²) >= 11 is 0. The van der Waals surface area contributed by atoms with Crippen molar-refractivity contribution in [1.82, 2.24) is 14.5 Å². The quantitative estimate of drug-likeness (QED) is 0.249. The largest absolute Gasteiger partial charge is 0.352 e. The molecule has 0 heterocycles. The number of rotatable bonds is 11. The molecule has 4 aromatic rings. The van der Waals surface area contributed by atoms with Crippen molar-refractivity contribution in [3.63, 3.8) is 0 Å². The molecule has 43 heavy (non-hydrogen) atoms. The minimum absolute atomic E-state index is 0.0807. The Labute approximate surface area is 254 Å². The number of sulfonamides is 1. The Balaban J connectivity index is 1.46. The number of fused-ring (bicyclic) bond motifs is 1. The number of carbonyl (C=O) groups excluding carboxylic acids is 2. The van der Waals surface area contributed by atoms with Crippen molar-refractivity contribution in [3.8, 4) is 0 Å². The summed E-state index contributed by atoms with van der Waals surface area (Å²) in [5.74, 6) is -0.643. The molecule has 1 aliphatic rings. The van der Waals surface area contributed by atoms with Crippen LogP contribution in [0.2, 0.25) is 0 Å². The molecule has 2 amide bonds. The van der Waals surface area contributed by atoms with E-state index < -0.39 is 28.5 Å². The topological polar surface area (TPSA) is 86.8 Å². The predicted octanol–water partition coefficient (Wildman–Crippen LogP) is 5.47. The summed E-state index contributed by atoms with van der Waals surface area (Å²) in [6, 6.07) is 29.2. The van der Waals surface area contributed by atoms with Crippen molar-refractivity contribution in [1.29, 1.82) is 0 Å². The van der Waals surface area contributed by atoms with Crippen molar-refractivity contribution in [2.75, 3.05) is 13.6 Å². The Bertz CT molecular complexity index is 1680.